The van der Waals surface area contributed by atoms with Crippen LogP contribution in [0.1, 0.15) is 18.7 Å². The Labute approximate surface area is 71.4 Å². The van der Waals surface area contributed by atoms with Gasteiger partial charge in [-0.3, -0.25) is 0 Å². The van der Waals surface area contributed by atoms with Gasteiger partial charge < -0.3 is 10.7 Å². The van der Waals surface area contributed by atoms with Crippen LogP contribution in [0.3, 0.4) is 0 Å². The van der Waals surface area contributed by atoms with Gasteiger partial charge in [0.1, 0.15) is 0 Å². The lowest BCUT2D eigenvalue weighted by Gasteiger charge is -1.98. The molecule has 62 valence electrons. The molecule has 1 atom stereocenters. The van der Waals surface area contributed by atoms with E-state index < -0.39 is 0 Å². The van der Waals surface area contributed by atoms with Gasteiger partial charge >= 0.3 is 0 Å². The Morgan fingerprint density at radius 3 is 2.75 bits per heavy atom. The minimum Gasteiger partial charge on any atom is -0.357 e. The van der Waals surface area contributed by atoms with Gasteiger partial charge in [-0.15, -0.1) is 0 Å². The maximum absolute atomic E-state index is 5.75. The van der Waals surface area contributed by atoms with Crippen molar-refractivity contribution in [2.75, 3.05) is 0 Å². The Balaban J connectivity index is 2.62. The summed E-state index contributed by atoms with van der Waals surface area (Å²) >= 11 is 0. The SMILES string of the molecule is C[C@H](N)c1cc2ccccc2[nH]1. The fraction of sp³-hybridized carbons (Fsp3) is 0.200. The zero-order valence-electron chi connectivity index (χ0n) is 7.04. The van der Waals surface area contributed by atoms with E-state index in [1.807, 2.05) is 19.1 Å². The first-order chi connectivity index (χ1) is 5.77. The first kappa shape index (κ1) is 7.37. The molecule has 1 aromatic heterocycles. The lowest BCUT2D eigenvalue weighted by Crippen LogP contribution is -2.04. The van der Waals surface area contributed by atoms with Crippen LogP contribution in [0, 0.1) is 0 Å². The third-order valence-corrected chi connectivity index (χ3v) is 2.04. The maximum atomic E-state index is 5.75. The third kappa shape index (κ3) is 1.10. The molecule has 0 spiro atoms. The van der Waals surface area contributed by atoms with Crippen LogP contribution in [-0.2, 0) is 0 Å². The highest BCUT2D eigenvalue weighted by atomic mass is 14.8. The average Bonchev–Trinajstić information content (AvgIpc) is 2.46. The lowest BCUT2D eigenvalue weighted by atomic mass is 10.2. The van der Waals surface area contributed by atoms with Crippen LogP contribution in [-0.4, -0.2) is 4.98 Å². The molecule has 0 fully saturated rings. The second-order valence-electron chi connectivity index (χ2n) is 3.10. The molecule has 0 amide bonds. The first-order valence-corrected chi connectivity index (χ1v) is 4.10. The minimum atomic E-state index is 0.0809. The van der Waals surface area contributed by atoms with Crippen LogP contribution in [0.5, 0.6) is 0 Å². The largest absolute Gasteiger partial charge is 0.357 e. The summed E-state index contributed by atoms with van der Waals surface area (Å²) in [6.07, 6.45) is 0. The molecule has 0 aliphatic carbocycles. The van der Waals surface area contributed by atoms with E-state index in [4.69, 9.17) is 5.73 Å². The van der Waals surface area contributed by atoms with Crippen molar-refractivity contribution >= 4 is 10.9 Å². The van der Waals surface area contributed by atoms with Gasteiger partial charge in [-0.1, -0.05) is 18.2 Å². The normalized spacial score (nSPS) is 13.5. The molecule has 0 bridgehead atoms. The Bertz CT molecular complexity index is 354. The summed E-state index contributed by atoms with van der Waals surface area (Å²) in [6, 6.07) is 10.4. The van der Waals surface area contributed by atoms with Crippen molar-refractivity contribution in [3.63, 3.8) is 0 Å². The van der Waals surface area contributed by atoms with E-state index in [1.165, 1.54) is 5.39 Å². The van der Waals surface area contributed by atoms with Crippen LogP contribution in [0.15, 0.2) is 30.3 Å². The molecule has 0 saturated heterocycles. The van der Waals surface area contributed by atoms with E-state index >= 15 is 0 Å². The molecule has 0 saturated carbocycles. The molecule has 1 heterocycles. The van der Waals surface area contributed by atoms with E-state index in [-0.39, 0.29) is 6.04 Å². The van der Waals surface area contributed by atoms with Crippen LogP contribution < -0.4 is 5.73 Å². The topological polar surface area (TPSA) is 41.8 Å². The van der Waals surface area contributed by atoms with Crippen molar-refractivity contribution < 1.29 is 0 Å². The number of para-hydroxylation sites is 1. The molecule has 12 heavy (non-hydrogen) atoms. The molecule has 0 aliphatic heterocycles. The molecule has 2 aromatic rings. The standard InChI is InChI=1S/C10H12N2/c1-7(11)10-6-8-4-2-3-5-9(8)12-10/h2-7,12H,11H2,1H3/t7-/m0/s1. The summed E-state index contributed by atoms with van der Waals surface area (Å²) in [5, 5.41) is 1.23. The van der Waals surface area contributed by atoms with Crippen LogP contribution in [0.2, 0.25) is 0 Å². The number of hydrogen-bond acceptors (Lipinski definition) is 1. The number of aromatic amines is 1. The summed E-state index contributed by atoms with van der Waals surface area (Å²) in [4.78, 5) is 3.27. The first-order valence-electron chi connectivity index (χ1n) is 4.10. The van der Waals surface area contributed by atoms with Gasteiger partial charge in [0.2, 0.25) is 0 Å². The molecule has 3 N–H and O–H groups in total. The zero-order chi connectivity index (χ0) is 8.55. The van der Waals surface area contributed by atoms with Crippen LogP contribution in [0.25, 0.3) is 10.9 Å². The molecule has 2 nitrogen and oxygen atoms in total. The molecule has 1 aromatic carbocycles. The van der Waals surface area contributed by atoms with E-state index in [9.17, 15) is 0 Å². The Morgan fingerprint density at radius 2 is 2.08 bits per heavy atom. The van der Waals surface area contributed by atoms with Crippen molar-refractivity contribution in [3.05, 3.63) is 36.0 Å². The Morgan fingerprint density at radius 1 is 1.33 bits per heavy atom. The van der Waals surface area contributed by atoms with Crippen molar-refractivity contribution in [2.45, 2.75) is 13.0 Å². The third-order valence-electron chi connectivity index (χ3n) is 2.04. The molecule has 0 unspecified atom stereocenters. The van der Waals surface area contributed by atoms with E-state index in [2.05, 4.69) is 23.2 Å². The minimum absolute atomic E-state index is 0.0809. The van der Waals surface area contributed by atoms with E-state index in [0.29, 0.717) is 0 Å². The number of nitrogens with two attached hydrogens (primary N) is 1. The van der Waals surface area contributed by atoms with Crippen LogP contribution in [0.4, 0.5) is 0 Å². The molecule has 0 aliphatic rings. The van der Waals surface area contributed by atoms with Crippen molar-refractivity contribution in [1.29, 1.82) is 0 Å². The number of fused-ring (bicyclic) bond motifs is 1. The van der Waals surface area contributed by atoms with Crippen molar-refractivity contribution in [2.24, 2.45) is 5.73 Å². The highest BCUT2D eigenvalue weighted by molar-refractivity contribution is 5.80. The van der Waals surface area contributed by atoms with Gasteiger partial charge in [0.05, 0.1) is 0 Å². The summed E-state index contributed by atoms with van der Waals surface area (Å²) < 4.78 is 0. The summed E-state index contributed by atoms with van der Waals surface area (Å²) in [6.45, 7) is 1.98. The van der Waals surface area contributed by atoms with E-state index in [1.54, 1.807) is 0 Å². The van der Waals surface area contributed by atoms with Gasteiger partial charge in [-0.2, -0.15) is 0 Å². The summed E-state index contributed by atoms with van der Waals surface area (Å²) in [7, 11) is 0. The smallest absolute Gasteiger partial charge is 0.0456 e. The zero-order valence-corrected chi connectivity index (χ0v) is 7.04. The monoisotopic (exact) mass is 160 g/mol. The maximum Gasteiger partial charge on any atom is 0.0456 e. The number of benzene rings is 1. The fourth-order valence-corrected chi connectivity index (χ4v) is 1.34. The summed E-state index contributed by atoms with van der Waals surface area (Å²) in [5.41, 5.74) is 8.00. The Kier molecular flexibility index (Phi) is 1.62. The predicted octanol–water partition coefficient (Wildman–Crippen LogP) is 2.19. The van der Waals surface area contributed by atoms with Crippen molar-refractivity contribution in [3.8, 4) is 0 Å². The molecule has 2 rings (SSSR count). The quantitative estimate of drug-likeness (QED) is 0.659. The van der Waals surface area contributed by atoms with Gasteiger partial charge in [-0.05, 0) is 24.4 Å². The number of aromatic nitrogens is 1. The van der Waals surface area contributed by atoms with Gasteiger partial charge in [-0.25, -0.2) is 0 Å². The summed E-state index contributed by atoms with van der Waals surface area (Å²) in [5.74, 6) is 0. The lowest BCUT2D eigenvalue weighted by molar-refractivity contribution is 0.792. The fourth-order valence-electron chi connectivity index (χ4n) is 1.34. The highest BCUT2D eigenvalue weighted by Crippen LogP contribution is 2.17. The predicted molar refractivity (Wildman–Crippen MR) is 50.9 cm³/mol. The highest BCUT2D eigenvalue weighted by Gasteiger charge is 2.02. The average molecular weight is 160 g/mol. The van der Waals surface area contributed by atoms with Crippen LogP contribution >= 0.6 is 0 Å². The molecule has 2 heteroatoms. The molecular weight excluding hydrogens is 148 g/mol. The van der Waals surface area contributed by atoms with Gasteiger partial charge in [0.15, 0.2) is 0 Å². The number of H-pyrrole nitrogens is 1. The number of hydrogen-bond donors (Lipinski definition) is 2. The van der Waals surface area contributed by atoms with Crippen molar-refractivity contribution in [1.82, 2.24) is 4.98 Å². The Hall–Kier alpha value is -1.28. The molecular formula is C10H12N2. The second kappa shape index (κ2) is 2.64. The van der Waals surface area contributed by atoms with Gasteiger partial charge in [0.25, 0.3) is 0 Å². The number of rotatable bonds is 1. The van der Waals surface area contributed by atoms with Gasteiger partial charge in [0, 0.05) is 17.3 Å². The second-order valence-corrected chi connectivity index (χ2v) is 3.10. The number of nitrogens with one attached hydrogen (secondary N) is 1. The molecule has 0 radical (unpaired) electrons. The van der Waals surface area contributed by atoms with E-state index in [0.717, 1.165) is 11.2 Å².